The van der Waals surface area contributed by atoms with Crippen molar-refractivity contribution < 1.29 is 14.2 Å². The van der Waals surface area contributed by atoms with E-state index in [1.807, 2.05) is 0 Å². The molecule has 0 spiro atoms. The van der Waals surface area contributed by atoms with Gasteiger partial charge in [0.15, 0.2) is 0 Å². The quantitative estimate of drug-likeness (QED) is 0.844. The number of aromatic amines is 1. The topological polar surface area (TPSA) is 84.3 Å². The Morgan fingerprint density at radius 1 is 1.32 bits per heavy atom. The molecule has 0 aliphatic heterocycles. The average Bonchev–Trinajstić information content (AvgIpc) is 2.42. The van der Waals surface area contributed by atoms with Gasteiger partial charge in [-0.05, 0) is 17.7 Å². The summed E-state index contributed by atoms with van der Waals surface area (Å²) < 4.78 is 18.9. The van der Waals surface area contributed by atoms with E-state index in [2.05, 4.69) is 0 Å². The fourth-order valence-electron chi connectivity index (χ4n) is 1.60. The molecule has 6 nitrogen and oxygen atoms in total. The number of benzene rings is 1. The Labute approximate surface area is 106 Å². The number of ether oxygens (including phenoxy) is 1. The van der Waals surface area contributed by atoms with E-state index in [4.69, 9.17) is 4.74 Å². The van der Waals surface area contributed by atoms with Crippen LogP contribution in [0.5, 0.6) is 11.6 Å². The van der Waals surface area contributed by atoms with Gasteiger partial charge >= 0.3 is 5.69 Å². The highest BCUT2D eigenvalue weighted by Gasteiger charge is 2.13. The number of aromatic nitrogens is 2. The molecule has 0 amide bonds. The molecular formula is C12H11FN2O4. The molecule has 2 N–H and O–H groups in total. The number of hydrogen-bond donors (Lipinski definition) is 2. The van der Waals surface area contributed by atoms with Crippen molar-refractivity contribution in [2.45, 2.75) is 6.54 Å². The Kier molecular flexibility index (Phi) is 3.37. The number of nitrogens with zero attached hydrogens (tertiary/aromatic N) is 1. The van der Waals surface area contributed by atoms with Crippen LogP contribution in [0.4, 0.5) is 4.39 Å². The first-order valence-electron chi connectivity index (χ1n) is 5.37. The van der Waals surface area contributed by atoms with Gasteiger partial charge in [0.25, 0.3) is 5.56 Å². The van der Waals surface area contributed by atoms with E-state index in [1.165, 1.54) is 7.11 Å². The van der Waals surface area contributed by atoms with Gasteiger partial charge in [-0.2, -0.15) is 4.39 Å². The monoisotopic (exact) mass is 266 g/mol. The van der Waals surface area contributed by atoms with Crippen molar-refractivity contribution in [1.29, 1.82) is 0 Å². The van der Waals surface area contributed by atoms with Gasteiger partial charge in [-0.3, -0.25) is 14.3 Å². The molecule has 0 aliphatic rings. The Balaban J connectivity index is 2.40. The van der Waals surface area contributed by atoms with E-state index < -0.39 is 22.9 Å². The Bertz CT molecular complexity index is 703. The standard InChI is InChI=1S/C12H11FN2O4/c1-19-8-4-2-7(3-5-8)6-15-11(17)9(13)10(16)14-12(15)18/h2-5,17H,6H2,1H3,(H,14,16,18). The van der Waals surface area contributed by atoms with E-state index in [9.17, 15) is 19.1 Å². The summed E-state index contributed by atoms with van der Waals surface area (Å²) in [6.45, 7) is -0.0671. The number of aromatic hydroxyl groups is 1. The van der Waals surface area contributed by atoms with Crippen LogP contribution in [0, 0.1) is 5.82 Å². The molecule has 19 heavy (non-hydrogen) atoms. The maximum absolute atomic E-state index is 13.2. The molecule has 0 bridgehead atoms. The van der Waals surface area contributed by atoms with E-state index in [0.29, 0.717) is 11.3 Å². The molecule has 0 radical (unpaired) electrons. The summed E-state index contributed by atoms with van der Waals surface area (Å²) in [4.78, 5) is 24.2. The Morgan fingerprint density at radius 2 is 1.95 bits per heavy atom. The molecule has 0 aliphatic carbocycles. The van der Waals surface area contributed by atoms with Crippen molar-refractivity contribution in [2.24, 2.45) is 0 Å². The minimum absolute atomic E-state index is 0.0671. The summed E-state index contributed by atoms with van der Waals surface area (Å²) in [5.74, 6) is -1.73. The zero-order valence-corrected chi connectivity index (χ0v) is 10.0. The molecule has 0 unspecified atom stereocenters. The average molecular weight is 266 g/mol. The molecule has 0 saturated heterocycles. The second kappa shape index (κ2) is 4.97. The van der Waals surface area contributed by atoms with Gasteiger partial charge in [0.05, 0.1) is 13.7 Å². The third-order valence-electron chi connectivity index (χ3n) is 2.62. The van der Waals surface area contributed by atoms with Crippen molar-refractivity contribution in [3.05, 3.63) is 56.5 Å². The third-order valence-corrected chi connectivity index (χ3v) is 2.62. The lowest BCUT2D eigenvalue weighted by Gasteiger charge is -2.08. The van der Waals surface area contributed by atoms with E-state index in [1.54, 1.807) is 29.2 Å². The molecular weight excluding hydrogens is 255 g/mol. The first-order chi connectivity index (χ1) is 9.02. The number of hydrogen-bond acceptors (Lipinski definition) is 4. The van der Waals surface area contributed by atoms with E-state index >= 15 is 0 Å². The number of nitrogens with one attached hydrogen (secondary N) is 1. The van der Waals surface area contributed by atoms with Crippen LogP contribution < -0.4 is 16.0 Å². The second-order valence-corrected chi connectivity index (χ2v) is 3.83. The van der Waals surface area contributed by atoms with Crippen molar-refractivity contribution in [2.75, 3.05) is 7.11 Å². The van der Waals surface area contributed by atoms with Crippen LogP contribution in [0.15, 0.2) is 33.9 Å². The minimum Gasteiger partial charge on any atom is -0.497 e. The smallest absolute Gasteiger partial charge is 0.331 e. The van der Waals surface area contributed by atoms with E-state index in [-0.39, 0.29) is 6.54 Å². The molecule has 0 saturated carbocycles. The fourth-order valence-corrected chi connectivity index (χ4v) is 1.60. The van der Waals surface area contributed by atoms with Crippen LogP contribution in [0.25, 0.3) is 0 Å². The lowest BCUT2D eigenvalue weighted by molar-refractivity contribution is 0.367. The van der Waals surface area contributed by atoms with Gasteiger partial charge in [-0.1, -0.05) is 12.1 Å². The van der Waals surface area contributed by atoms with Gasteiger partial charge in [-0.25, -0.2) is 4.79 Å². The number of rotatable bonds is 3. The lowest BCUT2D eigenvalue weighted by atomic mass is 10.2. The maximum Gasteiger partial charge on any atom is 0.331 e. The first kappa shape index (κ1) is 12.9. The summed E-state index contributed by atoms with van der Waals surface area (Å²) in [6, 6.07) is 6.65. The van der Waals surface area contributed by atoms with Crippen LogP contribution in [0.2, 0.25) is 0 Å². The summed E-state index contributed by atoms with van der Waals surface area (Å²) in [5, 5.41) is 9.46. The molecule has 0 fully saturated rings. The number of halogens is 1. The third kappa shape index (κ3) is 2.49. The van der Waals surface area contributed by atoms with Gasteiger partial charge in [0, 0.05) is 0 Å². The first-order valence-corrected chi connectivity index (χ1v) is 5.37. The van der Waals surface area contributed by atoms with Gasteiger partial charge in [0.2, 0.25) is 11.7 Å². The maximum atomic E-state index is 13.2. The molecule has 0 atom stereocenters. The van der Waals surface area contributed by atoms with Crippen LogP contribution in [-0.2, 0) is 6.54 Å². The molecule has 1 aromatic carbocycles. The molecule has 2 rings (SSSR count). The zero-order chi connectivity index (χ0) is 14.0. The van der Waals surface area contributed by atoms with Gasteiger partial charge in [-0.15, -0.1) is 0 Å². The van der Waals surface area contributed by atoms with Crippen molar-refractivity contribution in [3.8, 4) is 11.6 Å². The van der Waals surface area contributed by atoms with Crippen molar-refractivity contribution in [1.82, 2.24) is 9.55 Å². The molecule has 1 aromatic heterocycles. The largest absolute Gasteiger partial charge is 0.497 e. The summed E-state index contributed by atoms with van der Waals surface area (Å²) in [7, 11) is 1.52. The van der Waals surface area contributed by atoms with Crippen LogP contribution in [-0.4, -0.2) is 21.8 Å². The highest BCUT2D eigenvalue weighted by molar-refractivity contribution is 5.27. The fraction of sp³-hybridized carbons (Fsp3) is 0.167. The van der Waals surface area contributed by atoms with E-state index in [0.717, 1.165) is 4.57 Å². The van der Waals surface area contributed by atoms with Gasteiger partial charge in [0.1, 0.15) is 5.75 Å². The Morgan fingerprint density at radius 3 is 2.53 bits per heavy atom. The highest BCUT2D eigenvalue weighted by Crippen LogP contribution is 2.14. The van der Waals surface area contributed by atoms with Crippen LogP contribution >= 0.6 is 0 Å². The Hall–Kier alpha value is -2.57. The van der Waals surface area contributed by atoms with Crippen LogP contribution in [0.3, 0.4) is 0 Å². The highest BCUT2D eigenvalue weighted by atomic mass is 19.1. The summed E-state index contributed by atoms with van der Waals surface area (Å²) >= 11 is 0. The summed E-state index contributed by atoms with van der Waals surface area (Å²) in [6.07, 6.45) is 0. The molecule has 7 heteroatoms. The van der Waals surface area contributed by atoms with Gasteiger partial charge < -0.3 is 9.84 Å². The van der Waals surface area contributed by atoms with Crippen molar-refractivity contribution in [3.63, 3.8) is 0 Å². The lowest BCUT2D eigenvalue weighted by Crippen LogP contribution is -2.32. The molecule has 100 valence electrons. The minimum atomic E-state index is -1.38. The predicted molar refractivity (Wildman–Crippen MR) is 65.0 cm³/mol. The predicted octanol–water partition coefficient (Wildman–Crippen LogP) is 0.438. The summed E-state index contributed by atoms with van der Waals surface area (Å²) in [5.41, 5.74) is -1.47. The number of H-pyrrole nitrogens is 1. The molecule has 1 heterocycles. The normalized spacial score (nSPS) is 10.4. The number of methoxy groups -OCH3 is 1. The zero-order valence-electron chi connectivity index (χ0n) is 10.0. The molecule has 2 aromatic rings. The van der Waals surface area contributed by atoms with Crippen LogP contribution in [0.1, 0.15) is 5.56 Å². The second-order valence-electron chi connectivity index (χ2n) is 3.83. The SMILES string of the molecule is COc1ccc(Cn2c(O)c(F)c(=O)[nH]c2=O)cc1. The van der Waals surface area contributed by atoms with Crippen molar-refractivity contribution >= 4 is 0 Å².